The predicted octanol–water partition coefficient (Wildman–Crippen LogP) is 2.94. The van der Waals surface area contributed by atoms with Crippen LogP contribution in [0.3, 0.4) is 0 Å². The molecule has 1 heterocycles. The molecule has 2 rings (SSSR count). The van der Waals surface area contributed by atoms with Crippen molar-refractivity contribution in [2.75, 3.05) is 31.2 Å². The second-order valence-corrected chi connectivity index (χ2v) is 6.74. The van der Waals surface area contributed by atoms with Gasteiger partial charge in [-0.2, -0.15) is 11.8 Å². The van der Waals surface area contributed by atoms with Gasteiger partial charge in [-0.15, -0.1) is 0 Å². The van der Waals surface area contributed by atoms with E-state index in [1.807, 2.05) is 48.0 Å². The van der Waals surface area contributed by atoms with Crippen molar-refractivity contribution in [1.29, 1.82) is 0 Å². The zero-order valence-electron chi connectivity index (χ0n) is 12.3. The minimum absolute atomic E-state index is 0.00608. The maximum absolute atomic E-state index is 12.2. The summed E-state index contributed by atoms with van der Waals surface area (Å²) >= 11 is 1.92. The van der Waals surface area contributed by atoms with Crippen molar-refractivity contribution in [1.82, 2.24) is 10.2 Å². The normalized spacial score (nSPS) is 20.6. The van der Waals surface area contributed by atoms with Gasteiger partial charge in [0.15, 0.2) is 0 Å². The van der Waals surface area contributed by atoms with Gasteiger partial charge in [-0.1, -0.05) is 19.1 Å². The van der Waals surface area contributed by atoms with Crippen LogP contribution in [0.1, 0.15) is 25.5 Å². The van der Waals surface area contributed by atoms with Gasteiger partial charge in [0.25, 0.3) is 0 Å². The lowest BCUT2D eigenvalue weighted by Gasteiger charge is -2.30. The van der Waals surface area contributed by atoms with Crippen LogP contribution in [0.15, 0.2) is 24.3 Å². The highest BCUT2D eigenvalue weighted by Crippen LogP contribution is 2.19. The number of anilines is 1. The van der Waals surface area contributed by atoms with Crippen molar-refractivity contribution in [2.45, 2.75) is 25.1 Å². The highest BCUT2D eigenvalue weighted by atomic mass is 32.2. The molecule has 0 aliphatic carbocycles. The van der Waals surface area contributed by atoms with E-state index in [0.717, 1.165) is 24.5 Å². The van der Waals surface area contributed by atoms with E-state index in [1.165, 1.54) is 5.56 Å². The number of amides is 2. The topological polar surface area (TPSA) is 44.4 Å². The smallest absolute Gasteiger partial charge is 0.321 e. The van der Waals surface area contributed by atoms with E-state index < -0.39 is 0 Å². The van der Waals surface area contributed by atoms with E-state index in [1.54, 1.807) is 0 Å². The highest BCUT2D eigenvalue weighted by Gasteiger charge is 2.21. The average molecular weight is 293 g/mol. The number of thioether (sulfide) groups is 1. The van der Waals surface area contributed by atoms with E-state index in [0.29, 0.717) is 11.3 Å². The molecular weight excluding hydrogens is 270 g/mol. The largest absolute Gasteiger partial charge is 0.323 e. The van der Waals surface area contributed by atoms with Crippen LogP contribution < -0.4 is 10.6 Å². The molecule has 4 nitrogen and oxygen atoms in total. The Morgan fingerprint density at radius 2 is 2.10 bits per heavy atom. The van der Waals surface area contributed by atoms with Crippen LogP contribution in [0, 0.1) is 0 Å². The molecule has 2 N–H and O–H groups in total. The number of hydrogen-bond donors (Lipinski definition) is 2. The molecule has 1 aromatic carbocycles. The summed E-state index contributed by atoms with van der Waals surface area (Å²) in [6.07, 6.45) is 0. The monoisotopic (exact) mass is 293 g/mol. The Morgan fingerprint density at radius 3 is 2.70 bits per heavy atom. The zero-order chi connectivity index (χ0) is 14.5. The summed E-state index contributed by atoms with van der Waals surface area (Å²) in [6, 6.07) is 8.34. The molecule has 20 heavy (non-hydrogen) atoms. The summed E-state index contributed by atoms with van der Waals surface area (Å²) in [4.78, 5) is 14.1. The van der Waals surface area contributed by atoms with Crippen LogP contribution in [0.5, 0.6) is 0 Å². The van der Waals surface area contributed by atoms with Gasteiger partial charge in [-0.3, -0.25) is 0 Å². The number of nitrogens with one attached hydrogen (secondary N) is 2. The number of carbonyl (C=O) groups is 1. The van der Waals surface area contributed by atoms with Gasteiger partial charge in [0.2, 0.25) is 0 Å². The number of urea groups is 1. The van der Waals surface area contributed by atoms with Crippen molar-refractivity contribution in [2.24, 2.45) is 0 Å². The fourth-order valence-corrected chi connectivity index (χ4v) is 3.24. The third-order valence-corrected chi connectivity index (χ3v) is 4.76. The summed E-state index contributed by atoms with van der Waals surface area (Å²) in [5.74, 6) is 1.02. The summed E-state index contributed by atoms with van der Waals surface area (Å²) in [5, 5.41) is 6.70. The first kappa shape index (κ1) is 15.2. The quantitative estimate of drug-likeness (QED) is 0.900. The van der Waals surface area contributed by atoms with Crippen LogP contribution in [0.2, 0.25) is 0 Å². The summed E-state index contributed by atoms with van der Waals surface area (Å²) < 4.78 is 0. The molecule has 2 unspecified atom stereocenters. The zero-order valence-corrected chi connectivity index (χ0v) is 13.2. The molecule has 2 atom stereocenters. The van der Waals surface area contributed by atoms with Crippen LogP contribution in [0.25, 0.3) is 0 Å². The van der Waals surface area contributed by atoms with Crippen molar-refractivity contribution in [3.05, 3.63) is 29.8 Å². The molecule has 1 aliphatic rings. The summed E-state index contributed by atoms with van der Waals surface area (Å²) in [5.41, 5.74) is 2.07. The Morgan fingerprint density at radius 1 is 1.40 bits per heavy atom. The molecule has 110 valence electrons. The number of benzene rings is 1. The number of rotatable bonds is 3. The first-order chi connectivity index (χ1) is 9.60. The highest BCUT2D eigenvalue weighted by molar-refractivity contribution is 7.99. The van der Waals surface area contributed by atoms with Gasteiger partial charge >= 0.3 is 6.03 Å². The fraction of sp³-hybridized carbons (Fsp3) is 0.533. The molecule has 1 fully saturated rings. The minimum atomic E-state index is 0.00608. The van der Waals surface area contributed by atoms with Gasteiger partial charge in [-0.25, -0.2) is 4.79 Å². The number of hydrogen-bond acceptors (Lipinski definition) is 3. The molecule has 0 aromatic heterocycles. The van der Waals surface area contributed by atoms with E-state index in [9.17, 15) is 4.79 Å². The fourth-order valence-electron chi connectivity index (χ4n) is 2.23. The third-order valence-electron chi connectivity index (χ3n) is 3.62. The van der Waals surface area contributed by atoms with Crippen molar-refractivity contribution < 1.29 is 4.79 Å². The first-order valence-electron chi connectivity index (χ1n) is 7.05. The van der Waals surface area contributed by atoms with Crippen LogP contribution in [-0.4, -0.2) is 42.1 Å². The average Bonchev–Trinajstić information content (AvgIpc) is 2.47. The lowest BCUT2D eigenvalue weighted by Crippen LogP contribution is -2.43. The first-order valence-corrected chi connectivity index (χ1v) is 8.09. The van der Waals surface area contributed by atoms with Gasteiger partial charge in [0.1, 0.15) is 0 Å². The SMILES string of the molecule is CNC(C)c1ccc(NC(=O)N2CCSC(C)C2)cc1. The molecule has 1 aromatic rings. The van der Waals surface area contributed by atoms with Crippen LogP contribution >= 0.6 is 11.8 Å². The molecule has 1 aliphatic heterocycles. The minimum Gasteiger partial charge on any atom is -0.323 e. The van der Waals surface area contributed by atoms with Crippen LogP contribution in [-0.2, 0) is 0 Å². The summed E-state index contributed by atoms with van der Waals surface area (Å²) in [7, 11) is 1.94. The number of carbonyl (C=O) groups excluding carboxylic acids is 1. The lowest BCUT2D eigenvalue weighted by atomic mass is 10.1. The number of nitrogens with zero attached hydrogens (tertiary/aromatic N) is 1. The van der Waals surface area contributed by atoms with Gasteiger partial charge in [0.05, 0.1) is 0 Å². The Bertz CT molecular complexity index is 449. The molecule has 0 spiro atoms. The molecule has 5 heteroatoms. The van der Waals surface area contributed by atoms with Crippen molar-refractivity contribution >= 4 is 23.5 Å². The standard InChI is InChI=1S/C15H23N3OS/c1-11-10-18(8-9-20-11)15(19)17-14-6-4-13(5-7-14)12(2)16-3/h4-7,11-12,16H,8-10H2,1-3H3,(H,17,19). The van der Waals surface area contributed by atoms with Gasteiger partial charge in [0, 0.05) is 35.8 Å². The maximum Gasteiger partial charge on any atom is 0.321 e. The molecular formula is C15H23N3OS. The predicted molar refractivity (Wildman–Crippen MR) is 86.4 cm³/mol. The molecule has 0 radical (unpaired) electrons. The molecule has 0 saturated carbocycles. The van der Waals surface area contributed by atoms with Crippen molar-refractivity contribution in [3.8, 4) is 0 Å². The third kappa shape index (κ3) is 3.90. The molecule has 0 bridgehead atoms. The maximum atomic E-state index is 12.2. The molecule has 1 saturated heterocycles. The van der Waals surface area contributed by atoms with E-state index in [2.05, 4.69) is 24.5 Å². The van der Waals surface area contributed by atoms with E-state index >= 15 is 0 Å². The Kier molecular flexibility index (Phi) is 5.31. The Labute approximate surface area is 125 Å². The second kappa shape index (κ2) is 6.99. The van der Waals surface area contributed by atoms with E-state index in [4.69, 9.17) is 0 Å². The van der Waals surface area contributed by atoms with Gasteiger partial charge in [-0.05, 0) is 31.7 Å². The van der Waals surface area contributed by atoms with Crippen LogP contribution in [0.4, 0.5) is 10.5 Å². The second-order valence-electron chi connectivity index (χ2n) is 5.19. The van der Waals surface area contributed by atoms with Crippen molar-refractivity contribution in [3.63, 3.8) is 0 Å². The summed E-state index contributed by atoms with van der Waals surface area (Å²) in [6.45, 7) is 5.93. The van der Waals surface area contributed by atoms with Gasteiger partial charge < -0.3 is 15.5 Å². The Hall–Kier alpha value is -1.20. The molecule has 2 amide bonds. The Balaban J connectivity index is 1.94. The van der Waals surface area contributed by atoms with E-state index in [-0.39, 0.29) is 6.03 Å². The lowest BCUT2D eigenvalue weighted by molar-refractivity contribution is 0.214.